The number of para-hydroxylation sites is 3. The summed E-state index contributed by atoms with van der Waals surface area (Å²) >= 11 is 6.58. The first-order valence-corrected chi connectivity index (χ1v) is 23.9. The van der Waals surface area contributed by atoms with Crippen LogP contribution in [0.1, 0.15) is 0 Å². The van der Waals surface area contributed by atoms with E-state index < -0.39 is 0 Å². The second-order valence-electron chi connectivity index (χ2n) is 18.1. The molecule has 15 rings (SSSR count). The molecule has 0 aliphatic carbocycles. The number of halogens is 1. The van der Waals surface area contributed by atoms with E-state index in [2.05, 4.69) is 161 Å². The fraction of sp³-hybridized carbons (Fsp3) is 0. The largest absolute Gasteiger partial charge is 0.456 e. The highest BCUT2D eigenvalue weighted by atomic mass is 35.5. The predicted molar refractivity (Wildman–Crippen MR) is 289 cm³/mol. The van der Waals surface area contributed by atoms with Crippen LogP contribution in [0, 0.1) is 0 Å². The van der Waals surface area contributed by atoms with E-state index in [4.69, 9.17) is 29.8 Å². The quantitative estimate of drug-likeness (QED) is 0.178. The number of H-pyrrole nitrogens is 1. The van der Waals surface area contributed by atoms with Crippen molar-refractivity contribution in [1.82, 2.24) is 19.9 Å². The van der Waals surface area contributed by atoms with Gasteiger partial charge in [-0.15, -0.1) is 0 Å². The summed E-state index contributed by atoms with van der Waals surface area (Å²) in [5, 5.41) is 8.69. The summed E-state index contributed by atoms with van der Waals surface area (Å²) in [5.41, 5.74) is 17.4. The van der Waals surface area contributed by atoms with Crippen molar-refractivity contribution in [2.45, 2.75) is 0 Å². The number of furan rings is 3. The lowest BCUT2D eigenvalue weighted by atomic mass is 9.93. The van der Waals surface area contributed by atoms with Crippen molar-refractivity contribution in [2.75, 3.05) is 0 Å². The SMILES string of the molecule is Clc1nc(-c2ccc3c(c2)oc2ccccc23)nc(-c2ccc3c(c2)oc2cccc(-c4ccc5oc6c(-c7cccc(-c8cc(-c9ccccc9)cc9c8[nH]c8ccccc89)c7)cccc6c5c4)c23)n1. The normalized spacial score (nSPS) is 12.0. The van der Waals surface area contributed by atoms with Crippen LogP contribution in [0.4, 0.5) is 0 Å². The standard InChI is InChI=1S/C63H35ClN4O3/c64-63-67-61(39-23-26-46-45-16-5-7-21-53(45)69-56(46)33-39)66-62(68-63)40-24-27-48-57(34-40)70-55-22-10-17-42(58(48)55)38-25-28-54-50(30-38)47-19-9-18-43(60(47)71-54)36-13-8-14-37(29-36)49-31-41(35-11-2-1-3-12-35)32-51-44-15-4-6-20-52(44)65-59(49)51/h1-34,65H. The van der Waals surface area contributed by atoms with E-state index in [1.807, 2.05) is 60.7 Å². The molecule has 8 heteroatoms. The molecule has 0 fully saturated rings. The summed E-state index contributed by atoms with van der Waals surface area (Å²) in [5.74, 6) is 0.897. The van der Waals surface area contributed by atoms with E-state index >= 15 is 0 Å². The monoisotopic (exact) mass is 930 g/mol. The minimum atomic E-state index is 0.0985. The Morgan fingerprint density at radius 1 is 0.324 bits per heavy atom. The van der Waals surface area contributed by atoms with E-state index in [0.717, 1.165) is 116 Å². The number of rotatable bonds is 6. The van der Waals surface area contributed by atoms with Crippen molar-refractivity contribution in [3.05, 3.63) is 212 Å². The van der Waals surface area contributed by atoms with Crippen LogP contribution in [0.5, 0.6) is 0 Å². The Hall–Kier alpha value is -9.30. The van der Waals surface area contributed by atoms with Crippen molar-refractivity contribution >= 4 is 99.2 Å². The van der Waals surface area contributed by atoms with Gasteiger partial charge in [0.05, 0.1) is 5.52 Å². The maximum Gasteiger partial charge on any atom is 0.226 e. The molecule has 0 radical (unpaired) electrons. The summed E-state index contributed by atoms with van der Waals surface area (Å²) in [6.07, 6.45) is 0. The third kappa shape index (κ3) is 6.34. The average Bonchev–Trinajstić information content (AvgIpc) is 4.20. The summed E-state index contributed by atoms with van der Waals surface area (Å²) in [6, 6.07) is 71.7. The van der Waals surface area contributed by atoms with Crippen LogP contribution in [-0.2, 0) is 0 Å². The molecule has 0 bridgehead atoms. The topological polar surface area (TPSA) is 93.9 Å². The van der Waals surface area contributed by atoms with Crippen LogP contribution in [-0.4, -0.2) is 19.9 Å². The minimum Gasteiger partial charge on any atom is -0.456 e. The summed E-state index contributed by atoms with van der Waals surface area (Å²) < 4.78 is 19.5. The number of nitrogens with one attached hydrogen (secondary N) is 1. The maximum atomic E-state index is 6.78. The Balaban J connectivity index is 0.798. The van der Waals surface area contributed by atoms with Gasteiger partial charge in [-0.2, -0.15) is 9.97 Å². The summed E-state index contributed by atoms with van der Waals surface area (Å²) in [7, 11) is 0. The Morgan fingerprint density at radius 3 is 1.77 bits per heavy atom. The molecule has 0 saturated carbocycles. The first-order valence-electron chi connectivity index (χ1n) is 23.5. The van der Waals surface area contributed by atoms with Crippen molar-refractivity contribution < 1.29 is 13.3 Å². The van der Waals surface area contributed by atoms with Crippen LogP contribution in [0.25, 0.3) is 155 Å². The van der Waals surface area contributed by atoms with Gasteiger partial charge in [0.15, 0.2) is 11.6 Å². The van der Waals surface area contributed by atoms with Gasteiger partial charge in [0.2, 0.25) is 5.28 Å². The maximum absolute atomic E-state index is 6.78. The van der Waals surface area contributed by atoms with E-state index in [1.165, 1.54) is 21.9 Å². The Kier molecular flexibility index (Phi) is 8.58. The van der Waals surface area contributed by atoms with Gasteiger partial charge in [0, 0.05) is 70.9 Å². The molecule has 5 heterocycles. The molecule has 5 aromatic heterocycles. The van der Waals surface area contributed by atoms with Crippen LogP contribution in [0.15, 0.2) is 220 Å². The van der Waals surface area contributed by atoms with Crippen molar-refractivity contribution in [3.8, 4) is 67.3 Å². The van der Waals surface area contributed by atoms with Gasteiger partial charge >= 0.3 is 0 Å². The molecular weight excluding hydrogens is 896 g/mol. The summed E-state index contributed by atoms with van der Waals surface area (Å²) in [4.78, 5) is 17.7. The zero-order chi connectivity index (χ0) is 46.7. The number of benzene rings is 10. The number of fused-ring (bicyclic) bond motifs is 12. The number of hydrogen-bond acceptors (Lipinski definition) is 6. The molecule has 0 saturated heterocycles. The van der Waals surface area contributed by atoms with E-state index in [1.54, 1.807) is 0 Å². The Bertz CT molecular complexity index is 4680. The molecule has 0 amide bonds. The van der Waals surface area contributed by atoms with Gasteiger partial charge in [0.25, 0.3) is 0 Å². The highest BCUT2D eigenvalue weighted by Gasteiger charge is 2.20. The third-order valence-electron chi connectivity index (χ3n) is 14.0. The van der Waals surface area contributed by atoms with E-state index in [9.17, 15) is 0 Å². The second-order valence-corrected chi connectivity index (χ2v) is 18.4. The smallest absolute Gasteiger partial charge is 0.226 e. The molecular formula is C63H35ClN4O3. The van der Waals surface area contributed by atoms with Gasteiger partial charge in [0.1, 0.15) is 33.5 Å². The summed E-state index contributed by atoms with van der Waals surface area (Å²) in [6.45, 7) is 0. The average molecular weight is 931 g/mol. The van der Waals surface area contributed by atoms with Crippen molar-refractivity contribution in [1.29, 1.82) is 0 Å². The second kappa shape index (κ2) is 15.4. The van der Waals surface area contributed by atoms with Crippen molar-refractivity contribution in [3.63, 3.8) is 0 Å². The molecule has 10 aromatic carbocycles. The van der Waals surface area contributed by atoms with E-state index in [0.29, 0.717) is 17.2 Å². The van der Waals surface area contributed by atoms with Crippen LogP contribution < -0.4 is 0 Å². The van der Waals surface area contributed by atoms with Gasteiger partial charge in [-0.05, 0) is 118 Å². The first-order chi connectivity index (χ1) is 35.0. The minimum absolute atomic E-state index is 0.0985. The molecule has 0 atom stereocenters. The lowest BCUT2D eigenvalue weighted by Crippen LogP contribution is -1.97. The van der Waals surface area contributed by atoms with Gasteiger partial charge < -0.3 is 18.2 Å². The van der Waals surface area contributed by atoms with Crippen LogP contribution in [0.3, 0.4) is 0 Å². The van der Waals surface area contributed by atoms with Crippen LogP contribution >= 0.6 is 11.6 Å². The predicted octanol–water partition coefficient (Wildman–Crippen LogP) is 17.9. The molecule has 7 nitrogen and oxygen atoms in total. The number of nitrogens with zero attached hydrogens (tertiary/aromatic N) is 3. The third-order valence-corrected chi connectivity index (χ3v) is 14.2. The van der Waals surface area contributed by atoms with Gasteiger partial charge in [-0.3, -0.25) is 0 Å². The Labute approximate surface area is 409 Å². The highest BCUT2D eigenvalue weighted by Crippen LogP contribution is 2.44. The van der Waals surface area contributed by atoms with Crippen molar-refractivity contribution in [2.24, 2.45) is 0 Å². The highest BCUT2D eigenvalue weighted by molar-refractivity contribution is 6.28. The fourth-order valence-corrected chi connectivity index (χ4v) is 10.9. The Morgan fingerprint density at radius 2 is 0.915 bits per heavy atom. The molecule has 71 heavy (non-hydrogen) atoms. The number of aromatic amines is 1. The number of hydrogen-bond donors (Lipinski definition) is 1. The van der Waals surface area contributed by atoms with E-state index in [-0.39, 0.29) is 5.28 Å². The molecule has 0 aliphatic rings. The molecule has 15 aromatic rings. The lowest BCUT2D eigenvalue weighted by molar-refractivity contribution is 0.668. The fourth-order valence-electron chi connectivity index (χ4n) is 10.7. The first kappa shape index (κ1) is 39.7. The van der Waals surface area contributed by atoms with Gasteiger partial charge in [-0.1, -0.05) is 133 Å². The lowest BCUT2D eigenvalue weighted by Gasteiger charge is -2.11. The zero-order valence-electron chi connectivity index (χ0n) is 37.6. The molecule has 0 spiro atoms. The molecule has 1 N–H and O–H groups in total. The van der Waals surface area contributed by atoms with Gasteiger partial charge in [-0.25, -0.2) is 4.98 Å². The number of aromatic nitrogens is 4. The molecule has 0 aliphatic heterocycles. The zero-order valence-corrected chi connectivity index (χ0v) is 38.3. The van der Waals surface area contributed by atoms with Crippen LogP contribution in [0.2, 0.25) is 5.28 Å². The molecule has 0 unspecified atom stereocenters. The molecule has 332 valence electrons.